The molecule has 1 fully saturated rings. The zero-order valence-electron chi connectivity index (χ0n) is 11.7. The fourth-order valence-electron chi connectivity index (χ4n) is 3.19. The molecular formula is C16H23ClN2O. The first-order chi connectivity index (χ1) is 9.34. The number of nitrogens with one attached hydrogen (secondary N) is 2. The van der Waals surface area contributed by atoms with Gasteiger partial charge >= 0.3 is 0 Å². The topological polar surface area (TPSA) is 41.1 Å². The van der Waals surface area contributed by atoms with Gasteiger partial charge in [0.2, 0.25) is 5.91 Å². The SMILES string of the molecule is Cl.O=C(NCCC1CCCNC1)C1Cc2ccccc21. The van der Waals surface area contributed by atoms with Gasteiger partial charge in [0.25, 0.3) is 0 Å². The molecular weight excluding hydrogens is 272 g/mol. The van der Waals surface area contributed by atoms with Crippen molar-refractivity contribution in [3.8, 4) is 0 Å². The largest absolute Gasteiger partial charge is 0.356 e. The maximum absolute atomic E-state index is 12.1. The van der Waals surface area contributed by atoms with E-state index in [1.165, 1.54) is 24.0 Å². The minimum absolute atomic E-state index is 0. The van der Waals surface area contributed by atoms with E-state index in [-0.39, 0.29) is 24.2 Å². The smallest absolute Gasteiger partial charge is 0.227 e. The summed E-state index contributed by atoms with van der Waals surface area (Å²) in [6.07, 6.45) is 4.59. The number of halogens is 1. The minimum atomic E-state index is 0. The lowest BCUT2D eigenvalue weighted by atomic mass is 9.77. The number of hydrogen-bond acceptors (Lipinski definition) is 2. The van der Waals surface area contributed by atoms with Crippen molar-refractivity contribution >= 4 is 18.3 Å². The molecule has 1 heterocycles. The summed E-state index contributed by atoms with van der Waals surface area (Å²) >= 11 is 0. The number of benzene rings is 1. The van der Waals surface area contributed by atoms with Crippen molar-refractivity contribution < 1.29 is 4.79 Å². The van der Waals surface area contributed by atoms with E-state index >= 15 is 0 Å². The molecule has 2 atom stereocenters. The highest BCUT2D eigenvalue weighted by Gasteiger charge is 2.31. The second-order valence-electron chi connectivity index (χ2n) is 5.75. The van der Waals surface area contributed by atoms with Gasteiger partial charge in [0.05, 0.1) is 5.92 Å². The summed E-state index contributed by atoms with van der Waals surface area (Å²) in [6, 6.07) is 8.26. The molecule has 3 nitrogen and oxygen atoms in total. The van der Waals surface area contributed by atoms with Gasteiger partial charge in [0.15, 0.2) is 0 Å². The molecule has 2 N–H and O–H groups in total. The molecule has 3 rings (SSSR count). The lowest BCUT2D eigenvalue weighted by Gasteiger charge is -2.29. The number of rotatable bonds is 4. The van der Waals surface area contributed by atoms with Crippen LogP contribution in [-0.2, 0) is 11.2 Å². The fraction of sp³-hybridized carbons (Fsp3) is 0.562. The normalized spacial score (nSPS) is 24.0. The minimum Gasteiger partial charge on any atom is -0.356 e. The van der Waals surface area contributed by atoms with Gasteiger partial charge in [-0.25, -0.2) is 0 Å². The van der Waals surface area contributed by atoms with Crippen LogP contribution in [0, 0.1) is 5.92 Å². The molecule has 20 heavy (non-hydrogen) atoms. The predicted octanol–water partition coefficient (Wildman–Crippen LogP) is 2.25. The Bertz CT molecular complexity index is 458. The summed E-state index contributed by atoms with van der Waals surface area (Å²) in [5.74, 6) is 1.05. The van der Waals surface area contributed by atoms with Gasteiger partial charge in [-0.1, -0.05) is 24.3 Å². The van der Waals surface area contributed by atoms with E-state index in [9.17, 15) is 4.79 Å². The Morgan fingerprint density at radius 3 is 2.95 bits per heavy atom. The first-order valence-corrected chi connectivity index (χ1v) is 7.41. The quantitative estimate of drug-likeness (QED) is 0.894. The van der Waals surface area contributed by atoms with E-state index in [1.54, 1.807) is 0 Å². The maximum atomic E-state index is 12.1. The highest BCUT2D eigenvalue weighted by molar-refractivity contribution is 5.86. The summed E-state index contributed by atoms with van der Waals surface area (Å²) < 4.78 is 0. The van der Waals surface area contributed by atoms with Crippen LogP contribution in [0.2, 0.25) is 0 Å². The van der Waals surface area contributed by atoms with E-state index in [0.717, 1.165) is 38.4 Å². The van der Waals surface area contributed by atoms with Crippen molar-refractivity contribution in [1.29, 1.82) is 0 Å². The van der Waals surface area contributed by atoms with Crippen LogP contribution in [0.3, 0.4) is 0 Å². The first kappa shape index (κ1) is 15.3. The molecule has 4 heteroatoms. The van der Waals surface area contributed by atoms with Crippen LogP contribution in [0.25, 0.3) is 0 Å². The zero-order valence-corrected chi connectivity index (χ0v) is 12.5. The Morgan fingerprint density at radius 2 is 2.20 bits per heavy atom. The van der Waals surface area contributed by atoms with E-state index in [4.69, 9.17) is 0 Å². The molecule has 0 spiro atoms. The molecule has 0 saturated carbocycles. The van der Waals surface area contributed by atoms with Crippen LogP contribution in [0.15, 0.2) is 24.3 Å². The average molecular weight is 295 g/mol. The number of amides is 1. The summed E-state index contributed by atoms with van der Waals surface area (Å²) in [5.41, 5.74) is 2.55. The fourth-order valence-corrected chi connectivity index (χ4v) is 3.19. The van der Waals surface area contributed by atoms with Gasteiger partial charge in [-0.3, -0.25) is 4.79 Å². The van der Waals surface area contributed by atoms with Crippen molar-refractivity contribution in [2.24, 2.45) is 5.92 Å². The number of carbonyl (C=O) groups is 1. The number of fused-ring (bicyclic) bond motifs is 1. The Balaban J connectivity index is 0.00000147. The molecule has 2 unspecified atom stereocenters. The van der Waals surface area contributed by atoms with Crippen LogP contribution < -0.4 is 10.6 Å². The molecule has 1 saturated heterocycles. The zero-order chi connectivity index (χ0) is 13.1. The molecule has 1 aromatic rings. The molecule has 1 aliphatic heterocycles. The Hall–Kier alpha value is -1.06. The summed E-state index contributed by atoms with van der Waals surface area (Å²) in [4.78, 5) is 12.1. The van der Waals surface area contributed by atoms with Crippen molar-refractivity contribution in [2.75, 3.05) is 19.6 Å². The van der Waals surface area contributed by atoms with Crippen LogP contribution in [0.5, 0.6) is 0 Å². The van der Waals surface area contributed by atoms with Crippen LogP contribution >= 0.6 is 12.4 Å². The molecule has 0 aromatic heterocycles. The van der Waals surface area contributed by atoms with Crippen LogP contribution in [-0.4, -0.2) is 25.5 Å². The van der Waals surface area contributed by atoms with E-state index in [2.05, 4.69) is 22.8 Å². The van der Waals surface area contributed by atoms with Gasteiger partial charge in [0.1, 0.15) is 0 Å². The lowest BCUT2D eigenvalue weighted by molar-refractivity contribution is -0.123. The maximum Gasteiger partial charge on any atom is 0.227 e. The highest BCUT2D eigenvalue weighted by atomic mass is 35.5. The average Bonchev–Trinajstić information content (AvgIpc) is 2.41. The highest BCUT2D eigenvalue weighted by Crippen LogP contribution is 2.34. The summed E-state index contributed by atoms with van der Waals surface area (Å²) in [6.45, 7) is 3.09. The third-order valence-corrected chi connectivity index (χ3v) is 4.42. The third-order valence-electron chi connectivity index (χ3n) is 4.42. The molecule has 0 radical (unpaired) electrons. The summed E-state index contributed by atoms with van der Waals surface area (Å²) in [7, 11) is 0. The standard InChI is InChI=1S/C16H22N2O.ClH/c19-16(15-10-13-5-1-2-6-14(13)15)18-9-7-12-4-3-8-17-11-12;/h1-2,5-6,12,15,17H,3-4,7-11H2,(H,18,19);1H. The van der Waals surface area contributed by atoms with Gasteiger partial charge in [-0.2, -0.15) is 0 Å². The van der Waals surface area contributed by atoms with Crippen molar-refractivity contribution in [1.82, 2.24) is 10.6 Å². The first-order valence-electron chi connectivity index (χ1n) is 7.41. The molecule has 110 valence electrons. The van der Waals surface area contributed by atoms with Crippen molar-refractivity contribution in [2.45, 2.75) is 31.6 Å². The second-order valence-corrected chi connectivity index (χ2v) is 5.75. The van der Waals surface area contributed by atoms with Gasteiger partial charge in [0, 0.05) is 6.54 Å². The van der Waals surface area contributed by atoms with Crippen LogP contribution in [0.1, 0.15) is 36.3 Å². The molecule has 0 bridgehead atoms. The Kier molecular flexibility index (Phi) is 5.44. The van der Waals surface area contributed by atoms with Crippen molar-refractivity contribution in [3.05, 3.63) is 35.4 Å². The molecule has 2 aliphatic rings. The van der Waals surface area contributed by atoms with E-state index in [1.807, 2.05) is 12.1 Å². The molecule has 1 aliphatic carbocycles. The van der Waals surface area contributed by atoms with Crippen molar-refractivity contribution in [3.63, 3.8) is 0 Å². The number of piperidine rings is 1. The Labute approximate surface area is 126 Å². The monoisotopic (exact) mass is 294 g/mol. The van der Waals surface area contributed by atoms with Gasteiger partial charge < -0.3 is 10.6 Å². The predicted molar refractivity (Wildman–Crippen MR) is 83.4 cm³/mol. The number of carbonyl (C=O) groups excluding carboxylic acids is 1. The molecule has 1 amide bonds. The lowest BCUT2D eigenvalue weighted by Crippen LogP contribution is -2.37. The van der Waals surface area contributed by atoms with Gasteiger partial charge in [-0.05, 0) is 55.8 Å². The third kappa shape index (κ3) is 3.33. The Morgan fingerprint density at radius 1 is 1.35 bits per heavy atom. The molecule has 1 aromatic carbocycles. The summed E-state index contributed by atoms with van der Waals surface area (Å²) in [5, 5.41) is 6.52. The number of hydrogen-bond donors (Lipinski definition) is 2. The second kappa shape index (κ2) is 7.09. The van der Waals surface area contributed by atoms with Gasteiger partial charge in [-0.15, -0.1) is 12.4 Å². The van der Waals surface area contributed by atoms with Crippen LogP contribution in [0.4, 0.5) is 0 Å². The van der Waals surface area contributed by atoms with E-state index < -0.39 is 0 Å². The van der Waals surface area contributed by atoms with E-state index in [0.29, 0.717) is 0 Å².